The van der Waals surface area contributed by atoms with E-state index in [4.69, 9.17) is 10.3 Å². The van der Waals surface area contributed by atoms with Gasteiger partial charge in [0.25, 0.3) is 10.0 Å². The van der Waals surface area contributed by atoms with E-state index >= 15 is 0 Å². The molecule has 3 N–H and O–H groups in total. The van der Waals surface area contributed by atoms with Crippen molar-refractivity contribution < 1.29 is 12.9 Å². The molecule has 0 fully saturated rings. The van der Waals surface area contributed by atoms with Crippen LogP contribution >= 0.6 is 0 Å². The van der Waals surface area contributed by atoms with Crippen molar-refractivity contribution in [2.45, 2.75) is 38.5 Å². The van der Waals surface area contributed by atoms with Crippen LogP contribution in [-0.2, 0) is 22.9 Å². The molecule has 2 aromatic rings. The number of nitrogens with two attached hydrogens (primary N) is 1. The topological polar surface area (TPSA) is 98.2 Å². The average Bonchev–Trinajstić information content (AvgIpc) is 2.82. The zero-order valence-electron chi connectivity index (χ0n) is 12.3. The van der Waals surface area contributed by atoms with E-state index in [1.165, 1.54) is 6.07 Å². The zero-order valence-corrected chi connectivity index (χ0v) is 13.1. The first-order valence-electron chi connectivity index (χ1n) is 6.74. The molecule has 7 heteroatoms. The molecule has 0 aliphatic carbocycles. The summed E-state index contributed by atoms with van der Waals surface area (Å²) in [4.78, 5) is 0.197. The van der Waals surface area contributed by atoms with Gasteiger partial charge in [-0.05, 0) is 43.0 Å². The highest BCUT2D eigenvalue weighted by atomic mass is 32.2. The van der Waals surface area contributed by atoms with Gasteiger partial charge in [-0.1, -0.05) is 19.0 Å². The number of aromatic nitrogens is 1. The Morgan fingerprint density at radius 2 is 1.95 bits per heavy atom. The van der Waals surface area contributed by atoms with Gasteiger partial charge in [0.05, 0.1) is 4.90 Å². The van der Waals surface area contributed by atoms with Crippen molar-refractivity contribution in [2.24, 2.45) is 0 Å². The summed E-state index contributed by atoms with van der Waals surface area (Å²) in [5, 5.41) is 3.65. The standard InChI is InChI=1S/C14H19N3O3S/c1-4-10-7-12(15)11(5-2)13(8-10)21(18,19)17-14-6-9(3)20-16-14/h6-8H,4-5,15H2,1-3H3,(H,16,17). The van der Waals surface area contributed by atoms with Crippen LogP contribution in [0, 0.1) is 6.92 Å². The molecule has 114 valence electrons. The Kier molecular flexibility index (Phi) is 4.22. The van der Waals surface area contributed by atoms with Gasteiger partial charge in [0, 0.05) is 11.8 Å². The number of anilines is 2. The molecule has 0 unspecified atom stereocenters. The van der Waals surface area contributed by atoms with Crippen LogP contribution in [0.5, 0.6) is 0 Å². The highest BCUT2D eigenvalue weighted by Gasteiger charge is 2.21. The van der Waals surface area contributed by atoms with Crippen molar-refractivity contribution in [3.05, 3.63) is 35.1 Å². The minimum absolute atomic E-state index is 0.162. The fraction of sp³-hybridized carbons (Fsp3) is 0.357. The van der Waals surface area contributed by atoms with Gasteiger partial charge in [-0.15, -0.1) is 0 Å². The third-order valence-corrected chi connectivity index (χ3v) is 4.64. The average molecular weight is 309 g/mol. The molecular formula is C14H19N3O3S. The summed E-state index contributed by atoms with van der Waals surface area (Å²) in [6.07, 6.45) is 1.24. The van der Waals surface area contributed by atoms with E-state index in [2.05, 4.69) is 9.88 Å². The second-order valence-corrected chi connectivity index (χ2v) is 6.45. The maximum Gasteiger partial charge on any atom is 0.263 e. The number of nitrogens with one attached hydrogen (secondary N) is 1. The van der Waals surface area contributed by atoms with Crippen LogP contribution in [0.4, 0.5) is 11.5 Å². The maximum atomic E-state index is 12.6. The highest BCUT2D eigenvalue weighted by Crippen LogP contribution is 2.27. The van der Waals surface area contributed by atoms with Crippen molar-refractivity contribution in [3.8, 4) is 0 Å². The van der Waals surface area contributed by atoms with Gasteiger partial charge >= 0.3 is 0 Å². The number of rotatable bonds is 5. The normalized spacial score (nSPS) is 11.6. The molecule has 0 radical (unpaired) electrons. The zero-order chi connectivity index (χ0) is 15.6. The molecule has 6 nitrogen and oxygen atoms in total. The summed E-state index contributed by atoms with van der Waals surface area (Å²) in [5.41, 5.74) is 7.96. The molecule has 0 bridgehead atoms. The largest absolute Gasteiger partial charge is 0.398 e. The van der Waals surface area contributed by atoms with Crippen molar-refractivity contribution in [1.29, 1.82) is 0 Å². The Bertz CT molecular complexity index is 751. The fourth-order valence-corrected chi connectivity index (χ4v) is 3.53. The van der Waals surface area contributed by atoms with Gasteiger partial charge in [-0.3, -0.25) is 4.72 Å². The molecule has 0 aliphatic heterocycles. The van der Waals surface area contributed by atoms with Crippen molar-refractivity contribution in [2.75, 3.05) is 10.5 Å². The van der Waals surface area contributed by atoms with Crippen LogP contribution < -0.4 is 10.5 Å². The molecule has 0 atom stereocenters. The number of aryl methyl sites for hydroxylation is 2. The summed E-state index contributed by atoms with van der Waals surface area (Å²) >= 11 is 0. The summed E-state index contributed by atoms with van der Waals surface area (Å²) < 4.78 is 32.4. The van der Waals surface area contributed by atoms with Crippen molar-refractivity contribution >= 4 is 21.5 Å². The first-order chi connectivity index (χ1) is 9.87. The van der Waals surface area contributed by atoms with Gasteiger partial charge in [-0.25, -0.2) is 8.42 Å². The lowest BCUT2D eigenvalue weighted by Gasteiger charge is -2.14. The summed E-state index contributed by atoms with van der Waals surface area (Å²) in [6, 6.07) is 5.00. The minimum Gasteiger partial charge on any atom is -0.398 e. The van der Waals surface area contributed by atoms with E-state index in [0.717, 1.165) is 5.56 Å². The number of hydrogen-bond donors (Lipinski definition) is 2. The number of hydrogen-bond acceptors (Lipinski definition) is 5. The second kappa shape index (κ2) is 5.77. The van der Waals surface area contributed by atoms with E-state index < -0.39 is 10.0 Å². The van der Waals surface area contributed by atoms with Crippen LogP contribution in [0.25, 0.3) is 0 Å². The monoisotopic (exact) mass is 309 g/mol. The van der Waals surface area contributed by atoms with Crippen molar-refractivity contribution in [3.63, 3.8) is 0 Å². The number of benzene rings is 1. The second-order valence-electron chi connectivity index (χ2n) is 4.80. The molecule has 2 rings (SSSR count). The molecule has 1 aromatic carbocycles. The Balaban J connectivity index is 2.50. The third-order valence-electron chi connectivity index (χ3n) is 3.22. The minimum atomic E-state index is -3.75. The number of nitrogens with zero attached hydrogens (tertiary/aromatic N) is 1. The predicted molar refractivity (Wildman–Crippen MR) is 81.7 cm³/mol. The molecule has 1 aromatic heterocycles. The van der Waals surface area contributed by atoms with E-state index in [-0.39, 0.29) is 10.7 Å². The molecule has 0 amide bonds. The summed E-state index contributed by atoms with van der Waals surface area (Å²) in [5.74, 6) is 0.695. The van der Waals surface area contributed by atoms with Gasteiger partial charge < -0.3 is 10.3 Å². The van der Waals surface area contributed by atoms with Crippen LogP contribution in [0.3, 0.4) is 0 Å². The summed E-state index contributed by atoms with van der Waals surface area (Å²) in [6.45, 7) is 5.51. The van der Waals surface area contributed by atoms with E-state index in [0.29, 0.717) is 29.9 Å². The molecule has 0 aliphatic rings. The molecule has 21 heavy (non-hydrogen) atoms. The van der Waals surface area contributed by atoms with E-state index in [1.54, 1.807) is 13.0 Å². The quantitative estimate of drug-likeness (QED) is 0.827. The van der Waals surface area contributed by atoms with Gasteiger partial charge in [0.1, 0.15) is 5.76 Å². The van der Waals surface area contributed by atoms with E-state index in [1.807, 2.05) is 19.9 Å². The van der Waals surface area contributed by atoms with Gasteiger partial charge in [-0.2, -0.15) is 0 Å². The Labute approximate surface area is 124 Å². The molecular weight excluding hydrogens is 290 g/mol. The lowest BCUT2D eigenvalue weighted by atomic mass is 10.1. The highest BCUT2D eigenvalue weighted by molar-refractivity contribution is 7.92. The molecule has 1 heterocycles. The van der Waals surface area contributed by atoms with Gasteiger partial charge in [0.2, 0.25) is 0 Å². The number of nitrogen functional groups attached to an aromatic ring is 1. The Morgan fingerprint density at radius 3 is 2.48 bits per heavy atom. The molecule has 0 saturated carbocycles. The van der Waals surface area contributed by atoms with E-state index in [9.17, 15) is 8.42 Å². The van der Waals surface area contributed by atoms with Crippen LogP contribution in [0.15, 0.2) is 27.6 Å². The van der Waals surface area contributed by atoms with Crippen LogP contribution in [0.2, 0.25) is 0 Å². The van der Waals surface area contributed by atoms with Gasteiger partial charge in [0.15, 0.2) is 5.82 Å². The van der Waals surface area contributed by atoms with Crippen LogP contribution in [-0.4, -0.2) is 13.6 Å². The lowest BCUT2D eigenvalue weighted by molar-refractivity contribution is 0.400. The first kappa shape index (κ1) is 15.4. The Morgan fingerprint density at radius 1 is 1.24 bits per heavy atom. The third kappa shape index (κ3) is 3.18. The van der Waals surface area contributed by atoms with Crippen LogP contribution in [0.1, 0.15) is 30.7 Å². The summed E-state index contributed by atoms with van der Waals surface area (Å²) in [7, 11) is -3.75. The molecule has 0 spiro atoms. The SMILES string of the molecule is CCc1cc(N)c(CC)c(S(=O)(=O)Nc2cc(C)on2)c1. The van der Waals surface area contributed by atoms with Crippen molar-refractivity contribution in [1.82, 2.24) is 5.16 Å². The maximum absolute atomic E-state index is 12.6. The Hall–Kier alpha value is -2.02. The fourth-order valence-electron chi connectivity index (χ4n) is 2.16. The number of sulfonamides is 1. The first-order valence-corrected chi connectivity index (χ1v) is 8.23. The smallest absolute Gasteiger partial charge is 0.263 e. The lowest BCUT2D eigenvalue weighted by Crippen LogP contribution is -2.16. The molecule has 0 saturated heterocycles. The predicted octanol–water partition coefficient (Wildman–Crippen LogP) is 2.49.